The zero-order valence-electron chi connectivity index (χ0n) is 15.7. The molecule has 0 bridgehead atoms. The molecule has 0 unspecified atom stereocenters. The van der Waals surface area contributed by atoms with E-state index in [-0.39, 0.29) is 11.7 Å². The average molecular weight is 398 g/mol. The summed E-state index contributed by atoms with van der Waals surface area (Å²) < 4.78 is 7.23. The van der Waals surface area contributed by atoms with E-state index in [9.17, 15) is 4.79 Å². The van der Waals surface area contributed by atoms with Crippen LogP contribution in [0.4, 0.5) is 0 Å². The predicted octanol–water partition coefficient (Wildman–Crippen LogP) is 2.90. The third kappa shape index (κ3) is 5.56. The maximum Gasteiger partial charge on any atom is 0.230 e. The second kappa shape index (κ2) is 10.5. The quantitative estimate of drug-likeness (QED) is 0.418. The molecule has 1 N–H and O–H groups in total. The topological polar surface area (TPSA) is 81.9 Å². The summed E-state index contributed by atoms with van der Waals surface area (Å²) in [6.07, 6.45) is 1.85. The van der Waals surface area contributed by atoms with Gasteiger partial charge in [-0.1, -0.05) is 54.2 Å². The van der Waals surface area contributed by atoms with Crippen molar-refractivity contribution in [2.75, 3.05) is 18.9 Å². The molecule has 0 aliphatic rings. The molecule has 1 heterocycles. The number of aromatic nitrogens is 4. The molecule has 0 atom stereocenters. The molecule has 0 saturated carbocycles. The Hall–Kier alpha value is -2.87. The van der Waals surface area contributed by atoms with Crippen LogP contribution in [0.3, 0.4) is 0 Å². The van der Waals surface area contributed by atoms with Gasteiger partial charge in [0.2, 0.25) is 11.1 Å². The molecule has 146 valence electrons. The number of carbonyl (C=O) groups excluding carboxylic acids is 1. The van der Waals surface area contributed by atoms with Crippen LogP contribution in [0.25, 0.3) is 5.69 Å². The minimum absolute atomic E-state index is 0.0364. The van der Waals surface area contributed by atoms with Crippen molar-refractivity contribution in [1.29, 1.82) is 0 Å². The molecule has 0 aliphatic carbocycles. The van der Waals surface area contributed by atoms with Crippen LogP contribution in [-0.2, 0) is 11.2 Å². The highest BCUT2D eigenvalue weighted by atomic mass is 32.2. The number of aryl methyl sites for hydroxylation is 1. The van der Waals surface area contributed by atoms with Gasteiger partial charge in [-0.2, -0.15) is 4.68 Å². The van der Waals surface area contributed by atoms with Gasteiger partial charge >= 0.3 is 0 Å². The Morgan fingerprint density at radius 1 is 1.14 bits per heavy atom. The number of rotatable bonds is 10. The van der Waals surface area contributed by atoms with Gasteiger partial charge in [0.15, 0.2) is 0 Å². The molecule has 7 nitrogen and oxygen atoms in total. The van der Waals surface area contributed by atoms with Crippen LogP contribution in [0, 0.1) is 0 Å². The van der Waals surface area contributed by atoms with Gasteiger partial charge in [0.1, 0.15) is 11.4 Å². The molecule has 0 saturated heterocycles. The molecule has 0 aliphatic heterocycles. The summed E-state index contributed by atoms with van der Waals surface area (Å²) in [5, 5.41) is 15.3. The fraction of sp³-hybridized carbons (Fsp3) is 0.300. The van der Waals surface area contributed by atoms with Gasteiger partial charge in [-0.25, -0.2) is 0 Å². The van der Waals surface area contributed by atoms with E-state index in [4.69, 9.17) is 4.74 Å². The maximum atomic E-state index is 12.1. The van der Waals surface area contributed by atoms with Crippen molar-refractivity contribution in [3.8, 4) is 11.4 Å². The van der Waals surface area contributed by atoms with E-state index in [2.05, 4.69) is 33.0 Å². The molecule has 1 aromatic heterocycles. The molecule has 2 aromatic carbocycles. The van der Waals surface area contributed by atoms with Crippen LogP contribution in [0.15, 0.2) is 59.8 Å². The van der Waals surface area contributed by atoms with Gasteiger partial charge in [-0.3, -0.25) is 4.79 Å². The minimum Gasteiger partial charge on any atom is -0.492 e. The van der Waals surface area contributed by atoms with Crippen molar-refractivity contribution >= 4 is 17.7 Å². The fourth-order valence-electron chi connectivity index (χ4n) is 2.68. The summed E-state index contributed by atoms with van der Waals surface area (Å²) in [4.78, 5) is 12.1. The zero-order valence-corrected chi connectivity index (χ0v) is 16.6. The van der Waals surface area contributed by atoms with Crippen LogP contribution in [0.2, 0.25) is 0 Å². The summed E-state index contributed by atoms with van der Waals surface area (Å²) in [7, 11) is 0. The maximum absolute atomic E-state index is 12.1. The first-order valence-electron chi connectivity index (χ1n) is 9.22. The predicted molar refractivity (Wildman–Crippen MR) is 109 cm³/mol. The highest BCUT2D eigenvalue weighted by Gasteiger charge is 2.14. The second-order valence-electron chi connectivity index (χ2n) is 6.00. The van der Waals surface area contributed by atoms with E-state index < -0.39 is 0 Å². The first kappa shape index (κ1) is 19.9. The Labute approximate surface area is 168 Å². The molecule has 8 heteroatoms. The average Bonchev–Trinajstić information content (AvgIpc) is 3.19. The monoisotopic (exact) mass is 397 g/mol. The number of hydrogen-bond donors (Lipinski definition) is 1. The van der Waals surface area contributed by atoms with E-state index >= 15 is 0 Å². The molecular formula is C20H23N5O2S. The SMILES string of the molecule is CCOc1ccccc1-n1nnnc1SCC(=O)NCCCc1ccccc1. The first-order chi connectivity index (χ1) is 13.8. The van der Waals surface area contributed by atoms with Gasteiger partial charge in [-0.15, -0.1) is 5.10 Å². The smallest absolute Gasteiger partial charge is 0.230 e. The zero-order chi connectivity index (χ0) is 19.6. The largest absolute Gasteiger partial charge is 0.492 e. The highest BCUT2D eigenvalue weighted by molar-refractivity contribution is 7.99. The van der Waals surface area contributed by atoms with E-state index in [0.717, 1.165) is 18.5 Å². The lowest BCUT2D eigenvalue weighted by atomic mass is 10.1. The van der Waals surface area contributed by atoms with Crippen LogP contribution in [0.1, 0.15) is 18.9 Å². The minimum atomic E-state index is -0.0364. The van der Waals surface area contributed by atoms with Crippen LogP contribution < -0.4 is 10.1 Å². The van der Waals surface area contributed by atoms with Gasteiger partial charge in [-0.05, 0) is 47.9 Å². The van der Waals surface area contributed by atoms with Crippen molar-refractivity contribution in [2.45, 2.75) is 24.9 Å². The number of carbonyl (C=O) groups is 1. The summed E-state index contributed by atoms with van der Waals surface area (Å²) in [6, 6.07) is 17.8. The van der Waals surface area contributed by atoms with Crippen molar-refractivity contribution in [2.24, 2.45) is 0 Å². The number of thioether (sulfide) groups is 1. The molecule has 3 aromatic rings. The third-order valence-electron chi connectivity index (χ3n) is 3.97. The number of hydrogen-bond acceptors (Lipinski definition) is 6. The summed E-state index contributed by atoms with van der Waals surface area (Å²) in [5.74, 6) is 0.915. The van der Waals surface area contributed by atoms with Gasteiger partial charge in [0.25, 0.3) is 0 Å². The molecule has 3 rings (SSSR count). The normalized spacial score (nSPS) is 10.6. The second-order valence-corrected chi connectivity index (χ2v) is 6.94. The number of para-hydroxylation sites is 2. The Balaban J connectivity index is 1.49. The molecule has 1 amide bonds. The number of nitrogens with one attached hydrogen (secondary N) is 1. The van der Waals surface area contributed by atoms with E-state index in [1.54, 1.807) is 4.68 Å². The van der Waals surface area contributed by atoms with Gasteiger partial charge < -0.3 is 10.1 Å². The molecule has 28 heavy (non-hydrogen) atoms. The lowest BCUT2D eigenvalue weighted by Crippen LogP contribution is -2.26. The molecule has 0 radical (unpaired) electrons. The number of amides is 1. The van der Waals surface area contributed by atoms with E-state index in [1.807, 2.05) is 49.4 Å². The Kier molecular flexibility index (Phi) is 7.43. The van der Waals surface area contributed by atoms with Crippen LogP contribution in [0.5, 0.6) is 5.75 Å². The Morgan fingerprint density at radius 3 is 2.75 bits per heavy atom. The Morgan fingerprint density at radius 2 is 1.93 bits per heavy atom. The number of nitrogens with zero attached hydrogens (tertiary/aromatic N) is 4. The van der Waals surface area contributed by atoms with Crippen molar-refractivity contribution in [3.63, 3.8) is 0 Å². The van der Waals surface area contributed by atoms with Crippen LogP contribution >= 0.6 is 11.8 Å². The van der Waals surface area contributed by atoms with Crippen molar-refractivity contribution in [1.82, 2.24) is 25.5 Å². The highest BCUT2D eigenvalue weighted by Crippen LogP contribution is 2.25. The molecular weight excluding hydrogens is 374 g/mol. The van der Waals surface area contributed by atoms with Crippen LogP contribution in [-0.4, -0.2) is 45.0 Å². The fourth-order valence-corrected chi connectivity index (χ4v) is 3.39. The third-order valence-corrected chi connectivity index (χ3v) is 4.89. The standard InChI is InChI=1S/C20H23N5O2S/c1-2-27-18-13-7-6-12-17(18)25-20(22-23-24-25)28-15-19(26)21-14-8-11-16-9-4-3-5-10-16/h3-7,9-10,12-13H,2,8,11,14-15H2,1H3,(H,21,26). The lowest BCUT2D eigenvalue weighted by Gasteiger charge is -2.10. The molecule has 0 spiro atoms. The van der Waals surface area contributed by atoms with E-state index in [0.29, 0.717) is 24.1 Å². The number of ether oxygens (including phenoxy) is 1. The lowest BCUT2D eigenvalue weighted by molar-refractivity contribution is -0.118. The number of benzene rings is 2. The van der Waals surface area contributed by atoms with Crippen molar-refractivity contribution < 1.29 is 9.53 Å². The molecule has 0 fully saturated rings. The number of tetrazole rings is 1. The van der Waals surface area contributed by atoms with Crippen molar-refractivity contribution in [3.05, 3.63) is 60.2 Å². The van der Waals surface area contributed by atoms with E-state index in [1.165, 1.54) is 17.3 Å². The first-order valence-corrected chi connectivity index (χ1v) is 10.2. The Bertz CT molecular complexity index is 885. The summed E-state index contributed by atoms with van der Waals surface area (Å²) in [6.45, 7) is 3.12. The van der Waals surface area contributed by atoms with Gasteiger partial charge in [0.05, 0.1) is 12.4 Å². The summed E-state index contributed by atoms with van der Waals surface area (Å²) >= 11 is 1.30. The summed E-state index contributed by atoms with van der Waals surface area (Å²) in [5.41, 5.74) is 2.03. The van der Waals surface area contributed by atoms with Gasteiger partial charge in [0, 0.05) is 6.54 Å².